The quantitative estimate of drug-likeness (QED) is 0.663. The Balaban J connectivity index is 1.46. The number of carbonyl (C=O) groups is 1. The average molecular weight is 366 g/mol. The molecule has 1 amide bonds. The minimum atomic E-state index is -0.0320. The van der Waals surface area contributed by atoms with Crippen molar-refractivity contribution in [3.05, 3.63) is 53.3 Å². The SMILES string of the molecule is Cc1cc(C)n2c(SCC(=O)N3CCC(c4ccccc4)=N3)nnc2n1. The van der Waals surface area contributed by atoms with Crippen LogP contribution in [0, 0.1) is 13.8 Å². The predicted octanol–water partition coefficient (Wildman–Crippen LogP) is 2.47. The topological polar surface area (TPSA) is 75.8 Å². The van der Waals surface area contributed by atoms with Crippen molar-refractivity contribution in [3.8, 4) is 0 Å². The molecule has 3 aromatic rings. The third-order valence-electron chi connectivity index (χ3n) is 4.18. The number of hydrazone groups is 1. The van der Waals surface area contributed by atoms with Gasteiger partial charge in [-0.3, -0.25) is 9.20 Å². The Labute approximate surface area is 155 Å². The molecule has 4 rings (SSSR count). The van der Waals surface area contributed by atoms with Crippen LogP contribution in [0.1, 0.15) is 23.4 Å². The van der Waals surface area contributed by atoms with Crippen molar-refractivity contribution in [2.45, 2.75) is 25.4 Å². The van der Waals surface area contributed by atoms with Crippen molar-refractivity contribution in [3.63, 3.8) is 0 Å². The maximum atomic E-state index is 12.5. The summed E-state index contributed by atoms with van der Waals surface area (Å²) < 4.78 is 1.87. The summed E-state index contributed by atoms with van der Waals surface area (Å²) in [5.74, 6) is 0.790. The molecular weight excluding hydrogens is 348 g/mol. The first kappa shape index (κ1) is 16.7. The molecule has 3 heterocycles. The van der Waals surface area contributed by atoms with Crippen LogP contribution in [0.4, 0.5) is 0 Å². The average Bonchev–Trinajstić information content (AvgIpc) is 3.28. The van der Waals surface area contributed by atoms with E-state index in [0.29, 0.717) is 17.5 Å². The fourth-order valence-electron chi connectivity index (χ4n) is 2.97. The molecule has 8 heteroatoms. The van der Waals surface area contributed by atoms with Gasteiger partial charge in [0.15, 0.2) is 5.16 Å². The summed E-state index contributed by atoms with van der Waals surface area (Å²) >= 11 is 1.36. The van der Waals surface area contributed by atoms with Crippen LogP contribution in [0.3, 0.4) is 0 Å². The second kappa shape index (κ2) is 6.87. The third kappa shape index (κ3) is 3.20. The highest BCUT2D eigenvalue weighted by Crippen LogP contribution is 2.20. The van der Waals surface area contributed by atoms with Crippen LogP contribution in [-0.2, 0) is 4.79 Å². The van der Waals surface area contributed by atoms with E-state index in [1.165, 1.54) is 11.8 Å². The second-order valence-corrected chi connectivity index (χ2v) is 7.07. The molecule has 26 heavy (non-hydrogen) atoms. The second-order valence-electron chi connectivity index (χ2n) is 6.13. The normalized spacial score (nSPS) is 14.1. The monoisotopic (exact) mass is 366 g/mol. The molecule has 0 aliphatic carbocycles. The van der Waals surface area contributed by atoms with Crippen molar-refractivity contribution in [1.29, 1.82) is 0 Å². The van der Waals surface area contributed by atoms with E-state index in [-0.39, 0.29) is 11.7 Å². The summed E-state index contributed by atoms with van der Waals surface area (Å²) in [6.07, 6.45) is 0.774. The summed E-state index contributed by atoms with van der Waals surface area (Å²) in [6.45, 7) is 4.52. The van der Waals surface area contributed by atoms with E-state index in [1.807, 2.05) is 54.6 Å². The van der Waals surface area contributed by atoms with Gasteiger partial charge in [-0.2, -0.15) is 5.10 Å². The molecule has 1 aromatic carbocycles. The van der Waals surface area contributed by atoms with Crippen molar-refractivity contribution in [2.75, 3.05) is 12.3 Å². The van der Waals surface area contributed by atoms with Gasteiger partial charge in [0.05, 0.1) is 18.0 Å². The zero-order valence-electron chi connectivity index (χ0n) is 14.6. The van der Waals surface area contributed by atoms with Gasteiger partial charge in [0, 0.05) is 17.8 Å². The Bertz CT molecular complexity index is 998. The number of hydrogen-bond acceptors (Lipinski definition) is 6. The lowest BCUT2D eigenvalue weighted by Gasteiger charge is -2.10. The lowest BCUT2D eigenvalue weighted by Crippen LogP contribution is -2.25. The minimum absolute atomic E-state index is 0.0320. The maximum Gasteiger partial charge on any atom is 0.256 e. The van der Waals surface area contributed by atoms with Crippen LogP contribution in [0.15, 0.2) is 46.7 Å². The number of fused-ring (bicyclic) bond motifs is 1. The number of amides is 1. The predicted molar refractivity (Wildman–Crippen MR) is 100 cm³/mol. The van der Waals surface area contributed by atoms with E-state index < -0.39 is 0 Å². The van der Waals surface area contributed by atoms with Crippen LogP contribution in [0.5, 0.6) is 0 Å². The van der Waals surface area contributed by atoms with E-state index in [2.05, 4.69) is 20.3 Å². The van der Waals surface area contributed by atoms with Gasteiger partial charge in [0.1, 0.15) is 0 Å². The highest BCUT2D eigenvalue weighted by atomic mass is 32.2. The molecule has 0 atom stereocenters. The lowest BCUT2D eigenvalue weighted by molar-refractivity contribution is -0.127. The Hall–Kier alpha value is -2.74. The lowest BCUT2D eigenvalue weighted by atomic mass is 10.1. The number of hydrogen-bond donors (Lipinski definition) is 0. The molecule has 0 bridgehead atoms. The van der Waals surface area contributed by atoms with E-state index in [0.717, 1.165) is 29.1 Å². The van der Waals surface area contributed by atoms with Crippen molar-refractivity contribution in [1.82, 2.24) is 24.6 Å². The molecule has 0 unspecified atom stereocenters. The minimum Gasteiger partial charge on any atom is -0.272 e. The summed E-state index contributed by atoms with van der Waals surface area (Å²) in [4.78, 5) is 16.9. The number of aromatic nitrogens is 4. The fourth-order valence-corrected chi connectivity index (χ4v) is 3.82. The molecule has 0 saturated carbocycles. The van der Waals surface area contributed by atoms with Gasteiger partial charge in [-0.25, -0.2) is 9.99 Å². The Morgan fingerprint density at radius 2 is 2.00 bits per heavy atom. The van der Waals surface area contributed by atoms with Gasteiger partial charge in [-0.1, -0.05) is 42.1 Å². The molecule has 0 fully saturated rings. The Kier molecular flexibility index (Phi) is 4.42. The van der Waals surface area contributed by atoms with Crippen LogP contribution >= 0.6 is 11.8 Å². The maximum absolute atomic E-state index is 12.5. The van der Waals surface area contributed by atoms with E-state index in [4.69, 9.17) is 0 Å². The largest absolute Gasteiger partial charge is 0.272 e. The number of thioether (sulfide) groups is 1. The molecule has 1 aliphatic rings. The number of nitrogens with zero attached hydrogens (tertiary/aromatic N) is 6. The number of carbonyl (C=O) groups excluding carboxylic acids is 1. The van der Waals surface area contributed by atoms with Crippen LogP contribution in [0.25, 0.3) is 5.78 Å². The first-order valence-corrected chi connectivity index (χ1v) is 9.36. The highest BCUT2D eigenvalue weighted by Gasteiger charge is 2.22. The van der Waals surface area contributed by atoms with Crippen molar-refractivity contribution < 1.29 is 4.79 Å². The van der Waals surface area contributed by atoms with E-state index >= 15 is 0 Å². The Morgan fingerprint density at radius 1 is 1.19 bits per heavy atom. The van der Waals surface area contributed by atoms with Gasteiger partial charge in [0.2, 0.25) is 0 Å². The number of aryl methyl sites for hydroxylation is 2. The van der Waals surface area contributed by atoms with Gasteiger partial charge in [-0.15, -0.1) is 10.2 Å². The fraction of sp³-hybridized carbons (Fsp3) is 0.278. The molecule has 0 spiro atoms. The summed E-state index contributed by atoms with van der Waals surface area (Å²) in [5.41, 5.74) is 3.91. The third-order valence-corrected chi connectivity index (χ3v) is 5.10. The standard InChI is InChI=1S/C18H18N6OS/c1-12-10-13(2)24-17(19-12)20-21-18(24)26-11-16(25)23-9-8-15(22-23)14-6-4-3-5-7-14/h3-7,10H,8-9,11H2,1-2H3. The van der Waals surface area contributed by atoms with Crippen LogP contribution in [-0.4, -0.2) is 48.5 Å². The first-order chi connectivity index (χ1) is 12.6. The van der Waals surface area contributed by atoms with Gasteiger partial charge in [-0.05, 0) is 25.5 Å². The molecule has 2 aromatic heterocycles. The summed E-state index contributed by atoms with van der Waals surface area (Å²) in [7, 11) is 0. The molecule has 0 radical (unpaired) electrons. The van der Waals surface area contributed by atoms with E-state index in [1.54, 1.807) is 5.01 Å². The highest BCUT2D eigenvalue weighted by molar-refractivity contribution is 7.99. The van der Waals surface area contributed by atoms with Crippen molar-refractivity contribution in [2.24, 2.45) is 5.10 Å². The first-order valence-electron chi connectivity index (χ1n) is 8.37. The molecule has 0 saturated heterocycles. The van der Waals surface area contributed by atoms with Gasteiger partial charge < -0.3 is 0 Å². The zero-order chi connectivity index (χ0) is 18.1. The van der Waals surface area contributed by atoms with Crippen LogP contribution in [0.2, 0.25) is 0 Å². The Morgan fingerprint density at radius 3 is 2.81 bits per heavy atom. The number of benzene rings is 1. The smallest absolute Gasteiger partial charge is 0.256 e. The summed E-state index contributed by atoms with van der Waals surface area (Å²) in [5, 5.41) is 15.0. The summed E-state index contributed by atoms with van der Waals surface area (Å²) in [6, 6.07) is 11.9. The molecule has 0 N–H and O–H groups in total. The van der Waals surface area contributed by atoms with Gasteiger partial charge >= 0.3 is 0 Å². The molecular formula is C18H18N6OS. The van der Waals surface area contributed by atoms with Crippen molar-refractivity contribution >= 4 is 29.2 Å². The number of rotatable bonds is 4. The van der Waals surface area contributed by atoms with E-state index in [9.17, 15) is 4.79 Å². The molecule has 1 aliphatic heterocycles. The zero-order valence-corrected chi connectivity index (χ0v) is 15.4. The molecule has 132 valence electrons. The van der Waals surface area contributed by atoms with Gasteiger partial charge in [0.25, 0.3) is 11.7 Å². The molecule has 7 nitrogen and oxygen atoms in total. The van der Waals surface area contributed by atoms with Crippen LogP contribution < -0.4 is 0 Å².